The standard InChI is InChI=1S/C21H27FN2O/c1-21(2,3)25-20-10-4-17(5-11-20)16-23-12-14-24(15-13-23)19-8-6-18(22)7-9-19/h4-11H,12-16H2,1-3H3. The number of benzene rings is 2. The van der Waals surface area contributed by atoms with Crippen molar-refractivity contribution in [3.63, 3.8) is 0 Å². The first kappa shape index (κ1) is 17.7. The van der Waals surface area contributed by atoms with Crippen LogP contribution in [0, 0.1) is 5.82 Å². The lowest BCUT2D eigenvalue weighted by atomic mass is 10.1. The van der Waals surface area contributed by atoms with E-state index in [0.29, 0.717) is 0 Å². The van der Waals surface area contributed by atoms with Crippen molar-refractivity contribution >= 4 is 5.69 Å². The molecule has 0 aromatic heterocycles. The van der Waals surface area contributed by atoms with Gasteiger partial charge in [0, 0.05) is 38.4 Å². The van der Waals surface area contributed by atoms with Gasteiger partial charge < -0.3 is 9.64 Å². The van der Waals surface area contributed by atoms with Crippen LogP contribution in [0.3, 0.4) is 0 Å². The van der Waals surface area contributed by atoms with E-state index in [2.05, 4.69) is 54.8 Å². The Bertz CT molecular complexity index is 669. The van der Waals surface area contributed by atoms with Crippen LogP contribution in [0.2, 0.25) is 0 Å². The van der Waals surface area contributed by atoms with Gasteiger partial charge in [0.2, 0.25) is 0 Å². The Morgan fingerprint density at radius 1 is 0.880 bits per heavy atom. The maximum atomic E-state index is 13.0. The van der Waals surface area contributed by atoms with Gasteiger partial charge in [-0.3, -0.25) is 4.90 Å². The predicted octanol–water partition coefficient (Wildman–Crippen LogP) is 4.33. The van der Waals surface area contributed by atoms with E-state index >= 15 is 0 Å². The summed E-state index contributed by atoms with van der Waals surface area (Å²) in [7, 11) is 0. The van der Waals surface area contributed by atoms with Gasteiger partial charge in [-0.05, 0) is 62.7 Å². The number of rotatable bonds is 4. The van der Waals surface area contributed by atoms with E-state index < -0.39 is 0 Å². The fourth-order valence-corrected chi connectivity index (χ4v) is 3.09. The predicted molar refractivity (Wildman–Crippen MR) is 101 cm³/mol. The summed E-state index contributed by atoms with van der Waals surface area (Å²) in [4.78, 5) is 4.77. The SMILES string of the molecule is CC(C)(C)Oc1ccc(CN2CCN(c3ccc(F)cc3)CC2)cc1. The third-order valence-corrected chi connectivity index (χ3v) is 4.32. The lowest BCUT2D eigenvalue weighted by Crippen LogP contribution is -2.45. The largest absolute Gasteiger partial charge is 0.488 e. The second kappa shape index (κ2) is 7.44. The molecule has 25 heavy (non-hydrogen) atoms. The van der Waals surface area contributed by atoms with Crippen molar-refractivity contribution in [3.8, 4) is 5.75 Å². The maximum Gasteiger partial charge on any atom is 0.123 e. The first-order chi connectivity index (χ1) is 11.9. The molecule has 2 aromatic rings. The number of piperazine rings is 1. The maximum absolute atomic E-state index is 13.0. The van der Waals surface area contributed by atoms with Crippen LogP contribution in [0.4, 0.5) is 10.1 Å². The zero-order valence-electron chi connectivity index (χ0n) is 15.3. The molecule has 2 aromatic carbocycles. The summed E-state index contributed by atoms with van der Waals surface area (Å²) in [6.45, 7) is 11.1. The summed E-state index contributed by atoms with van der Waals surface area (Å²) >= 11 is 0. The molecule has 3 rings (SSSR count). The van der Waals surface area contributed by atoms with Crippen LogP contribution in [0.1, 0.15) is 26.3 Å². The molecule has 0 unspecified atom stereocenters. The van der Waals surface area contributed by atoms with Gasteiger partial charge in [-0.1, -0.05) is 12.1 Å². The number of nitrogens with zero attached hydrogens (tertiary/aromatic N) is 2. The zero-order chi connectivity index (χ0) is 17.9. The molecule has 0 N–H and O–H groups in total. The normalized spacial score (nSPS) is 16.1. The summed E-state index contributed by atoms with van der Waals surface area (Å²) in [5.74, 6) is 0.735. The summed E-state index contributed by atoms with van der Waals surface area (Å²) in [5.41, 5.74) is 2.24. The molecule has 3 nitrogen and oxygen atoms in total. The highest BCUT2D eigenvalue weighted by atomic mass is 19.1. The van der Waals surface area contributed by atoms with Gasteiger partial charge >= 0.3 is 0 Å². The minimum absolute atomic E-state index is 0.168. The number of anilines is 1. The summed E-state index contributed by atoms with van der Waals surface area (Å²) in [5, 5.41) is 0. The van der Waals surface area contributed by atoms with Crippen molar-refractivity contribution in [2.75, 3.05) is 31.1 Å². The Morgan fingerprint density at radius 2 is 1.48 bits per heavy atom. The Labute approximate surface area is 150 Å². The first-order valence-electron chi connectivity index (χ1n) is 8.90. The van der Waals surface area contributed by atoms with E-state index in [1.165, 1.54) is 17.7 Å². The third kappa shape index (κ3) is 5.20. The zero-order valence-corrected chi connectivity index (χ0v) is 15.3. The topological polar surface area (TPSA) is 15.7 Å². The molecule has 0 radical (unpaired) electrons. The van der Waals surface area contributed by atoms with E-state index in [1.54, 1.807) is 0 Å². The van der Waals surface area contributed by atoms with Crippen LogP contribution < -0.4 is 9.64 Å². The van der Waals surface area contributed by atoms with E-state index in [9.17, 15) is 4.39 Å². The molecule has 4 heteroatoms. The van der Waals surface area contributed by atoms with Crippen LogP contribution in [0.15, 0.2) is 48.5 Å². The fourth-order valence-electron chi connectivity index (χ4n) is 3.09. The summed E-state index contributed by atoms with van der Waals surface area (Å²) in [6.07, 6.45) is 0. The number of halogens is 1. The van der Waals surface area contributed by atoms with Gasteiger partial charge in [0.15, 0.2) is 0 Å². The Balaban J connectivity index is 1.51. The van der Waals surface area contributed by atoms with Crippen molar-refractivity contribution in [2.45, 2.75) is 32.9 Å². The molecule has 1 saturated heterocycles. The van der Waals surface area contributed by atoms with Crippen LogP contribution in [0.5, 0.6) is 5.75 Å². The van der Waals surface area contributed by atoms with Crippen molar-refractivity contribution in [2.24, 2.45) is 0 Å². The first-order valence-corrected chi connectivity index (χ1v) is 8.90. The molecule has 1 aliphatic rings. The van der Waals surface area contributed by atoms with E-state index in [-0.39, 0.29) is 11.4 Å². The Morgan fingerprint density at radius 3 is 2.04 bits per heavy atom. The molecule has 1 heterocycles. The van der Waals surface area contributed by atoms with Gasteiger partial charge in [-0.15, -0.1) is 0 Å². The fraction of sp³-hybridized carbons (Fsp3) is 0.429. The molecule has 0 aliphatic carbocycles. The van der Waals surface area contributed by atoms with E-state index in [1.807, 2.05) is 12.1 Å². The average Bonchev–Trinajstić information content (AvgIpc) is 2.57. The summed E-state index contributed by atoms with van der Waals surface area (Å²) < 4.78 is 18.9. The van der Waals surface area contributed by atoms with Gasteiger partial charge in [0.05, 0.1) is 0 Å². The molecule has 0 bridgehead atoms. The molecule has 134 valence electrons. The van der Waals surface area contributed by atoms with Gasteiger partial charge in [0.25, 0.3) is 0 Å². The molecular weight excluding hydrogens is 315 g/mol. The molecule has 1 aliphatic heterocycles. The number of hydrogen-bond donors (Lipinski definition) is 0. The number of ether oxygens (including phenoxy) is 1. The second-order valence-corrected chi connectivity index (χ2v) is 7.60. The second-order valence-electron chi connectivity index (χ2n) is 7.60. The molecule has 0 spiro atoms. The van der Waals surface area contributed by atoms with E-state index in [0.717, 1.165) is 44.2 Å². The Kier molecular flexibility index (Phi) is 5.28. The van der Waals surface area contributed by atoms with Crippen LogP contribution >= 0.6 is 0 Å². The Hall–Kier alpha value is -2.07. The minimum Gasteiger partial charge on any atom is -0.488 e. The van der Waals surface area contributed by atoms with Crippen LogP contribution in [-0.2, 0) is 6.54 Å². The molecule has 0 atom stereocenters. The van der Waals surface area contributed by atoms with Gasteiger partial charge in [-0.2, -0.15) is 0 Å². The highest BCUT2D eigenvalue weighted by Crippen LogP contribution is 2.21. The lowest BCUT2D eigenvalue weighted by molar-refractivity contribution is 0.131. The van der Waals surface area contributed by atoms with Gasteiger partial charge in [0.1, 0.15) is 17.2 Å². The van der Waals surface area contributed by atoms with Crippen molar-refractivity contribution in [3.05, 3.63) is 59.9 Å². The van der Waals surface area contributed by atoms with Crippen molar-refractivity contribution in [1.82, 2.24) is 4.90 Å². The average molecular weight is 342 g/mol. The molecular formula is C21H27FN2O. The molecule has 1 fully saturated rings. The smallest absolute Gasteiger partial charge is 0.123 e. The third-order valence-electron chi connectivity index (χ3n) is 4.32. The lowest BCUT2D eigenvalue weighted by Gasteiger charge is -2.36. The number of hydrogen-bond acceptors (Lipinski definition) is 3. The van der Waals surface area contributed by atoms with Gasteiger partial charge in [-0.25, -0.2) is 4.39 Å². The summed E-state index contributed by atoms with van der Waals surface area (Å²) in [6, 6.07) is 15.2. The quantitative estimate of drug-likeness (QED) is 0.823. The highest BCUT2D eigenvalue weighted by Gasteiger charge is 2.17. The van der Waals surface area contributed by atoms with Crippen LogP contribution in [-0.4, -0.2) is 36.7 Å². The highest BCUT2D eigenvalue weighted by molar-refractivity contribution is 5.46. The van der Waals surface area contributed by atoms with Crippen LogP contribution in [0.25, 0.3) is 0 Å². The monoisotopic (exact) mass is 342 g/mol. The minimum atomic E-state index is -0.179. The molecule has 0 saturated carbocycles. The van der Waals surface area contributed by atoms with E-state index in [4.69, 9.17) is 4.74 Å². The van der Waals surface area contributed by atoms with Crippen molar-refractivity contribution < 1.29 is 9.13 Å². The molecule has 0 amide bonds. The van der Waals surface area contributed by atoms with Crippen molar-refractivity contribution in [1.29, 1.82) is 0 Å².